The third-order valence-corrected chi connectivity index (χ3v) is 3.34. The molecule has 0 spiro atoms. The zero-order valence-electron chi connectivity index (χ0n) is 10.9. The van der Waals surface area contributed by atoms with Gasteiger partial charge in [-0.2, -0.15) is 0 Å². The van der Waals surface area contributed by atoms with Crippen LogP contribution in [-0.2, 0) is 0 Å². The molecule has 0 saturated carbocycles. The number of hydrogen-bond acceptors (Lipinski definition) is 3. The normalized spacial score (nSPS) is 11.6. The monoisotopic (exact) mass is 251 g/mol. The van der Waals surface area contributed by atoms with Gasteiger partial charge in [0.25, 0.3) is 0 Å². The van der Waals surface area contributed by atoms with Crippen molar-refractivity contribution in [1.29, 1.82) is 0 Å². The summed E-state index contributed by atoms with van der Waals surface area (Å²) in [6.45, 7) is 5.28. The van der Waals surface area contributed by atoms with Gasteiger partial charge in [-0.25, -0.2) is 0 Å². The molecule has 17 heavy (non-hydrogen) atoms. The van der Waals surface area contributed by atoms with E-state index in [1.807, 2.05) is 24.3 Å². The van der Waals surface area contributed by atoms with Gasteiger partial charge in [-0.1, -0.05) is 12.2 Å². The smallest absolute Gasteiger partial charge is 0.103 e. The Hall–Kier alpha value is -1.13. The molecule has 0 saturated heterocycles. The van der Waals surface area contributed by atoms with Crippen molar-refractivity contribution in [2.75, 3.05) is 26.0 Å². The number of rotatable bonds is 5. The summed E-state index contributed by atoms with van der Waals surface area (Å²) < 4.78 is 0. The first kappa shape index (κ1) is 13.9. The molecular weight excluding hydrogens is 230 g/mol. The van der Waals surface area contributed by atoms with Gasteiger partial charge in [0.1, 0.15) is 4.99 Å². The molecule has 0 unspecified atom stereocenters. The molecule has 0 aliphatic rings. The average molecular weight is 251 g/mol. The standard InChI is InChI=1S/C13H21N3S/c1-13(2,16(3)4)9-15-11-7-5-10(6-8-11)12(14)17/h5-8,15H,9H2,1-4H3,(H2,14,17). The molecule has 0 radical (unpaired) electrons. The number of nitrogens with zero attached hydrogens (tertiary/aromatic N) is 1. The van der Waals surface area contributed by atoms with Gasteiger partial charge in [0, 0.05) is 23.3 Å². The van der Waals surface area contributed by atoms with Crippen LogP contribution in [-0.4, -0.2) is 36.1 Å². The quantitative estimate of drug-likeness (QED) is 0.786. The Morgan fingerprint density at radius 1 is 1.29 bits per heavy atom. The number of hydrogen-bond donors (Lipinski definition) is 2. The molecule has 3 N–H and O–H groups in total. The fourth-order valence-corrected chi connectivity index (χ4v) is 1.36. The Bertz CT molecular complexity index is 382. The first-order chi connectivity index (χ1) is 7.83. The number of likely N-dealkylation sites (N-methyl/N-ethyl adjacent to an activating group) is 1. The van der Waals surface area contributed by atoms with Gasteiger partial charge < -0.3 is 16.0 Å². The van der Waals surface area contributed by atoms with E-state index in [0.29, 0.717) is 4.99 Å². The summed E-state index contributed by atoms with van der Waals surface area (Å²) in [4.78, 5) is 2.63. The molecule has 4 heteroatoms. The van der Waals surface area contributed by atoms with Gasteiger partial charge in [-0.15, -0.1) is 0 Å². The molecule has 1 rings (SSSR count). The number of thiocarbonyl (C=S) groups is 1. The minimum atomic E-state index is 0.113. The molecule has 1 aromatic rings. The van der Waals surface area contributed by atoms with E-state index in [1.165, 1.54) is 0 Å². The summed E-state index contributed by atoms with van der Waals surface area (Å²) in [5.74, 6) is 0. The van der Waals surface area contributed by atoms with Crippen molar-refractivity contribution in [3.8, 4) is 0 Å². The number of anilines is 1. The highest BCUT2D eigenvalue weighted by Gasteiger charge is 2.19. The van der Waals surface area contributed by atoms with Gasteiger partial charge in [0.2, 0.25) is 0 Å². The fraction of sp³-hybridized carbons (Fsp3) is 0.462. The second kappa shape index (κ2) is 5.47. The van der Waals surface area contributed by atoms with Crippen molar-refractivity contribution in [2.45, 2.75) is 19.4 Å². The van der Waals surface area contributed by atoms with Crippen molar-refractivity contribution in [3.05, 3.63) is 29.8 Å². The van der Waals surface area contributed by atoms with Crippen LogP contribution in [0.25, 0.3) is 0 Å². The van der Waals surface area contributed by atoms with Crippen LogP contribution in [0, 0.1) is 0 Å². The predicted octanol–water partition coefficient (Wildman–Crippen LogP) is 2.07. The molecule has 0 heterocycles. The topological polar surface area (TPSA) is 41.3 Å². The second-order valence-electron chi connectivity index (χ2n) is 5.00. The van der Waals surface area contributed by atoms with Crippen LogP contribution >= 0.6 is 12.2 Å². The highest BCUT2D eigenvalue weighted by atomic mass is 32.1. The van der Waals surface area contributed by atoms with Crippen molar-refractivity contribution in [2.24, 2.45) is 5.73 Å². The average Bonchev–Trinajstić information content (AvgIpc) is 2.27. The largest absolute Gasteiger partial charge is 0.389 e. The van der Waals surface area contributed by atoms with Crippen molar-refractivity contribution in [3.63, 3.8) is 0 Å². The lowest BCUT2D eigenvalue weighted by atomic mass is 10.0. The maximum atomic E-state index is 5.55. The van der Waals surface area contributed by atoms with E-state index in [1.54, 1.807) is 0 Å². The molecule has 0 bridgehead atoms. The highest BCUT2D eigenvalue weighted by molar-refractivity contribution is 7.80. The zero-order chi connectivity index (χ0) is 13.1. The Kier molecular flexibility index (Phi) is 4.48. The number of nitrogens with one attached hydrogen (secondary N) is 1. The number of benzene rings is 1. The van der Waals surface area contributed by atoms with E-state index in [2.05, 4.69) is 38.2 Å². The maximum Gasteiger partial charge on any atom is 0.103 e. The Balaban J connectivity index is 2.62. The van der Waals surface area contributed by atoms with Gasteiger partial charge >= 0.3 is 0 Å². The molecule has 0 amide bonds. The Morgan fingerprint density at radius 2 is 1.82 bits per heavy atom. The van der Waals surface area contributed by atoms with E-state index in [4.69, 9.17) is 18.0 Å². The molecule has 0 atom stereocenters. The minimum absolute atomic E-state index is 0.113. The third-order valence-electron chi connectivity index (χ3n) is 3.11. The Morgan fingerprint density at radius 3 is 2.24 bits per heavy atom. The summed E-state index contributed by atoms with van der Waals surface area (Å²) in [6.07, 6.45) is 0. The molecule has 0 aliphatic carbocycles. The number of nitrogens with two attached hydrogens (primary N) is 1. The minimum Gasteiger partial charge on any atom is -0.389 e. The first-order valence-electron chi connectivity index (χ1n) is 5.64. The van der Waals surface area contributed by atoms with Crippen LogP contribution in [0.2, 0.25) is 0 Å². The molecular formula is C13H21N3S. The summed E-state index contributed by atoms with van der Waals surface area (Å²) in [5, 5.41) is 3.41. The van der Waals surface area contributed by atoms with Gasteiger partial charge in [-0.3, -0.25) is 0 Å². The summed E-state index contributed by atoms with van der Waals surface area (Å²) in [7, 11) is 4.16. The van der Waals surface area contributed by atoms with Gasteiger partial charge in [0.15, 0.2) is 0 Å². The summed E-state index contributed by atoms with van der Waals surface area (Å²) in [6, 6.07) is 7.88. The van der Waals surface area contributed by atoms with E-state index in [0.717, 1.165) is 17.8 Å². The van der Waals surface area contributed by atoms with Crippen LogP contribution in [0.1, 0.15) is 19.4 Å². The Labute approximate surface area is 109 Å². The van der Waals surface area contributed by atoms with E-state index < -0.39 is 0 Å². The SMILES string of the molecule is CN(C)C(C)(C)CNc1ccc(C(N)=S)cc1. The van der Waals surface area contributed by atoms with Crippen molar-refractivity contribution in [1.82, 2.24) is 4.90 Å². The van der Waals surface area contributed by atoms with Crippen LogP contribution < -0.4 is 11.1 Å². The lowest BCUT2D eigenvalue weighted by Crippen LogP contribution is -2.44. The molecule has 0 fully saturated rings. The lowest BCUT2D eigenvalue weighted by molar-refractivity contribution is 0.210. The van der Waals surface area contributed by atoms with Crippen molar-refractivity contribution >= 4 is 22.9 Å². The molecule has 94 valence electrons. The fourth-order valence-electron chi connectivity index (χ4n) is 1.23. The van der Waals surface area contributed by atoms with Crippen LogP contribution in [0.4, 0.5) is 5.69 Å². The lowest BCUT2D eigenvalue weighted by Gasteiger charge is -2.33. The zero-order valence-corrected chi connectivity index (χ0v) is 11.8. The van der Waals surface area contributed by atoms with Crippen LogP contribution in [0.3, 0.4) is 0 Å². The van der Waals surface area contributed by atoms with Crippen LogP contribution in [0.5, 0.6) is 0 Å². The molecule has 1 aromatic carbocycles. The molecule has 0 aromatic heterocycles. The first-order valence-corrected chi connectivity index (χ1v) is 6.05. The highest BCUT2D eigenvalue weighted by Crippen LogP contribution is 2.14. The van der Waals surface area contributed by atoms with E-state index in [9.17, 15) is 0 Å². The summed E-state index contributed by atoms with van der Waals surface area (Å²) in [5.41, 5.74) is 7.65. The van der Waals surface area contributed by atoms with E-state index >= 15 is 0 Å². The third kappa shape index (κ3) is 3.98. The van der Waals surface area contributed by atoms with Crippen LogP contribution in [0.15, 0.2) is 24.3 Å². The second-order valence-corrected chi connectivity index (χ2v) is 5.44. The van der Waals surface area contributed by atoms with E-state index in [-0.39, 0.29) is 5.54 Å². The van der Waals surface area contributed by atoms with Crippen molar-refractivity contribution < 1.29 is 0 Å². The summed E-state index contributed by atoms with van der Waals surface area (Å²) >= 11 is 4.91. The predicted molar refractivity (Wildman–Crippen MR) is 78.6 cm³/mol. The molecule has 0 aliphatic heterocycles. The molecule has 3 nitrogen and oxygen atoms in total. The van der Waals surface area contributed by atoms with Gasteiger partial charge in [-0.05, 0) is 52.2 Å². The van der Waals surface area contributed by atoms with Gasteiger partial charge in [0.05, 0.1) is 0 Å². The maximum absolute atomic E-state index is 5.55.